The van der Waals surface area contributed by atoms with Crippen LogP contribution >= 0.6 is 0 Å². The highest BCUT2D eigenvalue weighted by atomic mass is 16.4. The van der Waals surface area contributed by atoms with E-state index in [0.717, 1.165) is 22.5 Å². The van der Waals surface area contributed by atoms with Gasteiger partial charge in [0.1, 0.15) is 5.69 Å². The van der Waals surface area contributed by atoms with E-state index in [1.54, 1.807) is 6.07 Å². The molecule has 2 heterocycles. The van der Waals surface area contributed by atoms with Crippen LogP contribution in [0.1, 0.15) is 21.7 Å². The Balaban J connectivity index is 1.82. The molecule has 22 heavy (non-hydrogen) atoms. The van der Waals surface area contributed by atoms with Crippen LogP contribution in [0, 0.1) is 13.8 Å². The second-order valence-corrected chi connectivity index (χ2v) is 4.89. The van der Waals surface area contributed by atoms with E-state index in [2.05, 4.69) is 20.5 Å². The average molecular weight is 294 g/mol. The number of nitrogens with zero attached hydrogens (tertiary/aromatic N) is 3. The van der Waals surface area contributed by atoms with Crippen molar-refractivity contribution >= 4 is 11.6 Å². The molecule has 0 radical (unpaired) electrons. The number of carbonyl (C=O) groups is 1. The molecule has 6 heteroatoms. The smallest absolute Gasteiger partial charge is 0.274 e. The zero-order valence-corrected chi connectivity index (χ0v) is 12.2. The lowest BCUT2D eigenvalue weighted by molar-refractivity contribution is 0.102. The van der Waals surface area contributed by atoms with Gasteiger partial charge in [-0.3, -0.25) is 4.79 Å². The van der Waals surface area contributed by atoms with Crippen molar-refractivity contribution in [2.45, 2.75) is 13.8 Å². The van der Waals surface area contributed by atoms with E-state index < -0.39 is 0 Å². The summed E-state index contributed by atoms with van der Waals surface area (Å²) in [7, 11) is 0. The summed E-state index contributed by atoms with van der Waals surface area (Å²) in [6.07, 6.45) is 1.28. The van der Waals surface area contributed by atoms with E-state index >= 15 is 0 Å². The molecule has 0 fully saturated rings. The van der Waals surface area contributed by atoms with Gasteiger partial charge in [-0.25, -0.2) is 4.98 Å². The monoisotopic (exact) mass is 294 g/mol. The minimum atomic E-state index is -0.239. The molecule has 0 saturated heterocycles. The summed E-state index contributed by atoms with van der Waals surface area (Å²) < 4.78 is 5.16. The highest BCUT2D eigenvalue weighted by Crippen LogP contribution is 2.23. The fourth-order valence-electron chi connectivity index (χ4n) is 2.09. The third-order valence-corrected chi connectivity index (χ3v) is 3.20. The molecular weight excluding hydrogens is 280 g/mol. The van der Waals surface area contributed by atoms with E-state index in [9.17, 15) is 4.79 Å². The van der Waals surface area contributed by atoms with Gasteiger partial charge < -0.3 is 9.73 Å². The molecule has 3 rings (SSSR count). The maximum absolute atomic E-state index is 12.2. The van der Waals surface area contributed by atoms with E-state index in [0.29, 0.717) is 11.6 Å². The van der Waals surface area contributed by atoms with Crippen molar-refractivity contribution in [3.8, 4) is 11.5 Å². The molecule has 1 N–H and O–H groups in total. The molecular formula is C16H14N4O2. The zero-order valence-electron chi connectivity index (χ0n) is 12.2. The van der Waals surface area contributed by atoms with Crippen molar-refractivity contribution < 1.29 is 9.21 Å². The first-order valence-electron chi connectivity index (χ1n) is 6.76. The molecule has 0 aliphatic heterocycles. The molecule has 2 aromatic heterocycles. The van der Waals surface area contributed by atoms with Gasteiger partial charge in [0.05, 0.1) is 0 Å². The molecule has 0 saturated carbocycles. The predicted octanol–water partition coefficient (Wildman–Crippen LogP) is 3.00. The van der Waals surface area contributed by atoms with Gasteiger partial charge >= 0.3 is 0 Å². The Morgan fingerprint density at radius 1 is 1.18 bits per heavy atom. The van der Waals surface area contributed by atoms with Gasteiger partial charge in [0, 0.05) is 16.9 Å². The molecule has 0 atom stereocenters. The molecule has 0 bridgehead atoms. The molecule has 1 amide bonds. The highest BCUT2D eigenvalue weighted by molar-refractivity contribution is 6.03. The predicted molar refractivity (Wildman–Crippen MR) is 81.4 cm³/mol. The minimum absolute atomic E-state index is 0.239. The largest absolute Gasteiger partial charge is 0.423 e. The van der Waals surface area contributed by atoms with Gasteiger partial charge in [0.25, 0.3) is 5.91 Å². The Labute approximate surface area is 127 Å². The lowest BCUT2D eigenvalue weighted by Gasteiger charge is -2.09. The van der Waals surface area contributed by atoms with Crippen LogP contribution in [0.3, 0.4) is 0 Å². The number of nitrogens with one attached hydrogen (secondary N) is 1. The average Bonchev–Trinajstić information content (AvgIpc) is 3.03. The molecule has 3 aromatic rings. The van der Waals surface area contributed by atoms with Crippen LogP contribution in [-0.4, -0.2) is 21.1 Å². The quantitative estimate of drug-likeness (QED) is 0.803. The second-order valence-electron chi connectivity index (χ2n) is 4.89. The number of hydrogen-bond acceptors (Lipinski definition) is 5. The first-order chi connectivity index (χ1) is 10.6. The fourth-order valence-corrected chi connectivity index (χ4v) is 2.09. The van der Waals surface area contributed by atoms with Gasteiger partial charge in [-0.2, -0.15) is 0 Å². The molecule has 0 unspecified atom stereocenters. The lowest BCUT2D eigenvalue weighted by Crippen LogP contribution is -2.14. The number of pyridine rings is 1. The number of anilines is 1. The van der Waals surface area contributed by atoms with E-state index in [1.807, 2.05) is 44.2 Å². The number of benzene rings is 1. The van der Waals surface area contributed by atoms with Crippen molar-refractivity contribution in [3.63, 3.8) is 0 Å². The third kappa shape index (κ3) is 2.85. The first kappa shape index (κ1) is 13.9. The van der Waals surface area contributed by atoms with Crippen LogP contribution in [0.5, 0.6) is 0 Å². The molecule has 0 spiro atoms. The van der Waals surface area contributed by atoms with Crippen LogP contribution in [0.15, 0.2) is 47.2 Å². The number of aryl methyl sites for hydroxylation is 2. The van der Waals surface area contributed by atoms with Gasteiger partial charge in [-0.15, -0.1) is 10.2 Å². The van der Waals surface area contributed by atoms with Crippen LogP contribution < -0.4 is 5.32 Å². The Kier molecular flexibility index (Phi) is 3.65. The Morgan fingerprint density at radius 3 is 2.73 bits per heavy atom. The summed E-state index contributed by atoms with van der Waals surface area (Å²) in [5.74, 6) is 0.207. The van der Waals surface area contributed by atoms with E-state index in [-0.39, 0.29) is 5.91 Å². The van der Waals surface area contributed by atoms with Gasteiger partial charge in [0.15, 0.2) is 0 Å². The van der Waals surface area contributed by atoms with Crippen molar-refractivity contribution in [3.05, 3.63) is 59.7 Å². The number of aromatic nitrogens is 3. The van der Waals surface area contributed by atoms with Crippen molar-refractivity contribution in [1.82, 2.24) is 15.2 Å². The maximum atomic E-state index is 12.2. The van der Waals surface area contributed by atoms with Crippen LogP contribution in [-0.2, 0) is 0 Å². The summed E-state index contributed by atoms with van der Waals surface area (Å²) in [6, 6.07) is 10.9. The van der Waals surface area contributed by atoms with Crippen molar-refractivity contribution in [2.24, 2.45) is 0 Å². The Bertz CT molecular complexity index is 813. The number of amides is 1. The van der Waals surface area contributed by atoms with Gasteiger partial charge in [0.2, 0.25) is 12.3 Å². The number of hydrogen-bond donors (Lipinski definition) is 1. The number of rotatable bonds is 3. The van der Waals surface area contributed by atoms with Gasteiger partial charge in [-0.1, -0.05) is 6.07 Å². The summed E-state index contributed by atoms with van der Waals surface area (Å²) >= 11 is 0. The topological polar surface area (TPSA) is 80.9 Å². The standard InChI is InChI=1S/C16H14N4O2/c1-10-8-12(16-20-17-9-22-16)6-7-13(10)19-15(21)14-5-3-4-11(2)18-14/h3-9H,1-2H3,(H,19,21). The normalized spacial score (nSPS) is 10.5. The van der Waals surface area contributed by atoms with Crippen molar-refractivity contribution in [1.29, 1.82) is 0 Å². The zero-order chi connectivity index (χ0) is 15.5. The maximum Gasteiger partial charge on any atom is 0.274 e. The highest BCUT2D eigenvalue weighted by Gasteiger charge is 2.11. The molecule has 110 valence electrons. The molecule has 0 aliphatic carbocycles. The number of carbonyl (C=O) groups excluding carboxylic acids is 1. The minimum Gasteiger partial charge on any atom is -0.423 e. The third-order valence-electron chi connectivity index (χ3n) is 3.20. The van der Waals surface area contributed by atoms with Crippen LogP contribution in [0.25, 0.3) is 11.5 Å². The SMILES string of the molecule is Cc1cccc(C(=O)Nc2ccc(-c3nnco3)cc2C)n1. The summed E-state index contributed by atoms with van der Waals surface area (Å²) in [5.41, 5.74) is 3.62. The Morgan fingerprint density at radius 2 is 2.05 bits per heavy atom. The van der Waals surface area contributed by atoms with Crippen LogP contribution in [0.2, 0.25) is 0 Å². The summed E-state index contributed by atoms with van der Waals surface area (Å²) in [5, 5.41) is 10.4. The molecule has 0 aliphatic rings. The van der Waals surface area contributed by atoms with E-state index in [1.165, 1.54) is 6.39 Å². The van der Waals surface area contributed by atoms with Crippen LogP contribution in [0.4, 0.5) is 5.69 Å². The van der Waals surface area contributed by atoms with E-state index in [4.69, 9.17) is 4.42 Å². The Hall–Kier alpha value is -3.02. The van der Waals surface area contributed by atoms with Gasteiger partial charge in [-0.05, 0) is 49.7 Å². The lowest BCUT2D eigenvalue weighted by atomic mass is 10.1. The summed E-state index contributed by atoms with van der Waals surface area (Å²) in [4.78, 5) is 16.4. The molecule has 1 aromatic carbocycles. The summed E-state index contributed by atoms with van der Waals surface area (Å²) in [6.45, 7) is 3.75. The first-order valence-corrected chi connectivity index (χ1v) is 6.76. The fraction of sp³-hybridized carbons (Fsp3) is 0.125. The molecule has 6 nitrogen and oxygen atoms in total. The second kappa shape index (κ2) is 5.77. The van der Waals surface area contributed by atoms with Crippen molar-refractivity contribution in [2.75, 3.05) is 5.32 Å².